The Labute approximate surface area is 272 Å². The highest BCUT2D eigenvalue weighted by Gasteiger charge is 2.70. The van der Waals surface area contributed by atoms with Crippen LogP contribution in [0.3, 0.4) is 0 Å². The Hall–Kier alpha value is -3.68. The predicted octanol–water partition coefficient (Wildman–Crippen LogP) is 2.50. The van der Waals surface area contributed by atoms with E-state index in [0.29, 0.717) is 12.8 Å². The molecule has 5 N–H and O–H groups in total. The zero-order chi connectivity index (χ0) is 35.1. The maximum Gasteiger partial charge on any atom is 0.389 e. The van der Waals surface area contributed by atoms with Crippen molar-refractivity contribution in [3.63, 3.8) is 0 Å². The molecule has 2 fully saturated rings. The van der Waals surface area contributed by atoms with E-state index in [2.05, 4.69) is 16.0 Å². The lowest BCUT2D eigenvalue weighted by Gasteiger charge is -2.36. The Morgan fingerprint density at radius 1 is 1.02 bits per heavy atom. The fourth-order valence-electron chi connectivity index (χ4n) is 7.22. The number of alkyl halides is 3. The number of methoxy groups -OCH3 is 1. The van der Waals surface area contributed by atoms with Crippen LogP contribution in [0, 0.1) is 28.6 Å². The molecule has 5 amide bonds. The van der Waals surface area contributed by atoms with Gasteiger partial charge in [0, 0.05) is 20.1 Å². The first-order valence-corrected chi connectivity index (χ1v) is 15.9. The predicted molar refractivity (Wildman–Crippen MR) is 166 cm³/mol. The van der Waals surface area contributed by atoms with Crippen LogP contribution in [0.5, 0.6) is 0 Å². The summed E-state index contributed by atoms with van der Waals surface area (Å²) >= 11 is 0. The molecule has 47 heavy (non-hydrogen) atoms. The quantitative estimate of drug-likeness (QED) is 0.251. The lowest BCUT2D eigenvalue weighted by Crippen LogP contribution is -2.61. The van der Waals surface area contributed by atoms with E-state index in [4.69, 9.17) is 10.5 Å². The number of ether oxygens (including phenoxy) is 1. The van der Waals surface area contributed by atoms with Crippen molar-refractivity contribution in [2.75, 3.05) is 20.3 Å². The molecule has 1 unspecified atom stereocenters. The van der Waals surface area contributed by atoms with Gasteiger partial charge in [0.15, 0.2) is 0 Å². The summed E-state index contributed by atoms with van der Waals surface area (Å²) in [6.45, 7) is 10.1. The van der Waals surface area contributed by atoms with E-state index in [1.807, 2.05) is 58.9 Å². The minimum Gasteiger partial charge on any atom is -0.383 e. The van der Waals surface area contributed by atoms with Crippen LogP contribution in [-0.2, 0) is 36.8 Å². The van der Waals surface area contributed by atoms with E-state index in [0.717, 1.165) is 11.1 Å². The van der Waals surface area contributed by atoms with Crippen molar-refractivity contribution in [1.82, 2.24) is 20.9 Å². The molecule has 1 saturated heterocycles. The van der Waals surface area contributed by atoms with E-state index in [-0.39, 0.29) is 47.8 Å². The molecule has 6 atom stereocenters. The number of hydrogen-bond acceptors (Lipinski definition) is 6. The Kier molecular flexibility index (Phi) is 10.3. The van der Waals surface area contributed by atoms with Crippen molar-refractivity contribution >= 4 is 29.5 Å². The second-order valence-corrected chi connectivity index (χ2v) is 14.7. The molecule has 1 aromatic rings. The number of primary amides is 1. The van der Waals surface area contributed by atoms with Crippen LogP contribution < -0.4 is 21.7 Å². The maximum absolute atomic E-state index is 14.5. The molecule has 0 bridgehead atoms. The summed E-state index contributed by atoms with van der Waals surface area (Å²) < 4.78 is 44.4. The summed E-state index contributed by atoms with van der Waals surface area (Å²) in [5.41, 5.74) is 6.45. The number of nitrogens with one attached hydrogen (secondary N) is 3. The second kappa shape index (κ2) is 13.4. The van der Waals surface area contributed by atoms with Crippen molar-refractivity contribution in [1.29, 1.82) is 0 Å². The number of rotatable bonds is 12. The third kappa shape index (κ3) is 8.07. The fraction of sp³-hybridized carbons (Fsp3) is 0.667. The second-order valence-electron chi connectivity index (χ2n) is 14.7. The van der Waals surface area contributed by atoms with Gasteiger partial charge in [-0.3, -0.25) is 19.2 Å². The molecule has 14 heteroatoms. The lowest BCUT2D eigenvalue weighted by atomic mass is 9.87. The van der Waals surface area contributed by atoms with Gasteiger partial charge in [0.1, 0.15) is 12.1 Å². The molecule has 0 spiro atoms. The zero-order valence-corrected chi connectivity index (χ0v) is 27.7. The van der Waals surface area contributed by atoms with Gasteiger partial charge in [-0.15, -0.1) is 0 Å². The normalized spacial score (nSPS) is 23.6. The summed E-state index contributed by atoms with van der Waals surface area (Å²) in [6, 6.07) is 2.76. The highest BCUT2D eigenvalue weighted by atomic mass is 19.4. The lowest BCUT2D eigenvalue weighted by molar-refractivity contribution is -0.147. The van der Waals surface area contributed by atoms with E-state index in [9.17, 15) is 37.1 Å². The average Bonchev–Trinajstić information content (AvgIpc) is 3.34. The van der Waals surface area contributed by atoms with Gasteiger partial charge in [-0.05, 0) is 59.0 Å². The molecule has 1 saturated carbocycles. The molecular weight excluding hydrogens is 619 g/mol. The first kappa shape index (κ1) is 36.2. The third-order valence-electron chi connectivity index (χ3n) is 10.1. The average molecular weight is 666 g/mol. The van der Waals surface area contributed by atoms with Crippen LogP contribution in [0.2, 0.25) is 0 Å². The number of carbonyl (C=O) groups excluding carboxylic acids is 5. The largest absolute Gasteiger partial charge is 0.389 e. The number of likely N-dealkylation sites (tertiary alicyclic amines) is 1. The number of ketones is 1. The van der Waals surface area contributed by atoms with Gasteiger partial charge < -0.3 is 31.3 Å². The standard InChI is InChI=1S/C33H46F3N5O6/c1-31(2,3)22(16-47-6)39-30(46)40-24(19-13-17-9-7-8-10-18(17)14-19)29(45)41-15-20-23(32(20,4)5)25(41)28(44)38-21(26(42)27(37)43)11-12-33(34,35)36/h7-10,19-25H,11-16H2,1-6H3,(H2,37,43)(H,38,44)(H2,39,40,46)/t20-,21?,22+,23-,24-,25-/m0/s1. The molecule has 0 radical (unpaired) electrons. The molecule has 1 heterocycles. The number of nitrogens with two attached hydrogens (primary N) is 1. The van der Waals surface area contributed by atoms with E-state index in [1.165, 1.54) is 12.0 Å². The first-order valence-electron chi connectivity index (χ1n) is 15.9. The van der Waals surface area contributed by atoms with E-state index in [1.54, 1.807) is 0 Å². The number of piperidine rings is 1. The van der Waals surface area contributed by atoms with Crippen molar-refractivity contribution < 1.29 is 41.9 Å². The number of halogens is 3. The summed E-state index contributed by atoms with van der Waals surface area (Å²) in [6.07, 6.45) is -5.94. The van der Waals surface area contributed by atoms with Crippen molar-refractivity contribution in [3.8, 4) is 0 Å². The summed E-state index contributed by atoms with van der Waals surface area (Å²) in [7, 11) is 1.52. The number of nitrogens with zero attached hydrogens (tertiary/aromatic N) is 1. The number of amides is 5. The van der Waals surface area contributed by atoms with Gasteiger partial charge in [-0.2, -0.15) is 13.2 Å². The SMILES string of the molecule is COC[C@@H](NC(=O)N[C@H](C(=O)N1C[C@H]2[C@@H]([C@H]1C(=O)NC(CCC(F)(F)F)C(=O)C(N)=O)C2(C)C)C1Cc2ccccc2C1)C(C)(C)C. The van der Waals surface area contributed by atoms with Crippen molar-refractivity contribution in [3.05, 3.63) is 35.4 Å². The van der Waals surface area contributed by atoms with Crippen LogP contribution in [-0.4, -0.2) is 85.0 Å². The van der Waals surface area contributed by atoms with Crippen molar-refractivity contribution in [2.24, 2.45) is 34.3 Å². The Balaban J connectivity index is 1.61. The van der Waals surface area contributed by atoms with Crippen LogP contribution in [0.25, 0.3) is 0 Å². The topological polar surface area (TPSA) is 160 Å². The van der Waals surface area contributed by atoms with Gasteiger partial charge in [-0.25, -0.2) is 4.79 Å². The molecule has 4 rings (SSSR count). The van der Waals surface area contributed by atoms with Crippen LogP contribution >= 0.6 is 0 Å². The monoisotopic (exact) mass is 665 g/mol. The Morgan fingerprint density at radius 2 is 1.62 bits per heavy atom. The maximum atomic E-state index is 14.5. The molecule has 11 nitrogen and oxygen atoms in total. The van der Waals surface area contributed by atoms with Crippen molar-refractivity contribution in [2.45, 2.75) is 90.6 Å². The molecular formula is C33H46F3N5O6. The molecule has 3 aliphatic rings. The van der Waals surface area contributed by atoms with Gasteiger partial charge in [0.2, 0.25) is 17.6 Å². The van der Waals surface area contributed by atoms with Gasteiger partial charge in [0.05, 0.1) is 18.7 Å². The number of Topliss-reactive ketones (excluding diaryl/α,β-unsaturated/α-hetero) is 1. The molecule has 0 aromatic heterocycles. The smallest absolute Gasteiger partial charge is 0.383 e. The summed E-state index contributed by atoms with van der Waals surface area (Å²) in [5, 5.41) is 8.12. The Bertz CT molecular complexity index is 1370. The van der Waals surface area contributed by atoms with Gasteiger partial charge in [-0.1, -0.05) is 58.9 Å². The van der Waals surface area contributed by atoms with E-state index < -0.39 is 66.7 Å². The number of carbonyl (C=O) groups is 5. The summed E-state index contributed by atoms with van der Waals surface area (Å²) in [5.74, 6) is -4.96. The number of benzene rings is 1. The third-order valence-corrected chi connectivity index (χ3v) is 10.1. The highest BCUT2D eigenvalue weighted by Crippen LogP contribution is 2.65. The number of urea groups is 1. The molecule has 1 aromatic carbocycles. The number of hydrogen-bond donors (Lipinski definition) is 4. The highest BCUT2D eigenvalue weighted by molar-refractivity contribution is 6.37. The Morgan fingerprint density at radius 3 is 2.13 bits per heavy atom. The zero-order valence-electron chi connectivity index (χ0n) is 27.7. The van der Waals surface area contributed by atoms with Gasteiger partial charge >= 0.3 is 12.2 Å². The van der Waals surface area contributed by atoms with E-state index >= 15 is 0 Å². The molecule has 260 valence electrons. The van der Waals surface area contributed by atoms with Gasteiger partial charge in [0.25, 0.3) is 5.91 Å². The number of fused-ring (bicyclic) bond motifs is 2. The fourth-order valence-corrected chi connectivity index (χ4v) is 7.22. The van der Waals surface area contributed by atoms with Crippen LogP contribution in [0.4, 0.5) is 18.0 Å². The van der Waals surface area contributed by atoms with Crippen LogP contribution in [0.1, 0.15) is 58.6 Å². The van der Waals surface area contributed by atoms with Crippen LogP contribution in [0.15, 0.2) is 24.3 Å². The molecule has 1 aliphatic heterocycles. The minimum absolute atomic E-state index is 0.0927. The minimum atomic E-state index is -4.65. The summed E-state index contributed by atoms with van der Waals surface area (Å²) in [4.78, 5) is 67.3. The first-order chi connectivity index (χ1) is 21.8. The molecule has 2 aliphatic carbocycles.